The lowest BCUT2D eigenvalue weighted by atomic mass is 10.1. The zero-order valence-electron chi connectivity index (χ0n) is 18.5. The molecule has 2 aromatic heterocycles. The number of hydrogen-bond acceptors (Lipinski definition) is 4. The van der Waals surface area contributed by atoms with E-state index in [-0.39, 0.29) is 23.9 Å². The summed E-state index contributed by atoms with van der Waals surface area (Å²) in [5, 5.41) is 11.1. The average molecular weight is 444 g/mol. The molecule has 168 valence electrons. The lowest BCUT2D eigenvalue weighted by molar-refractivity contribution is -0.115. The molecule has 0 unspecified atom stereocenters. The van der Waals surface area contributed by atoms with Crippen LogP contribution >= 0.6 is 0 Å². The predicted octanol–water partition coefficient (Wildman–Crippen LogP) is 3.77. The summed E-state index contributed by atoms with van der Waals surface area (Å²) in [4.78, 5) is 41.2. The van der Waals surface area contributed by atoms with Crippen molar-refractivity contribution < 1.29 is 9.59 Å². The number of urea groups is 1. The molecule has 0 aliphatic carbocycles. The maximum Gasteiger partial charge on any atom is 0.323 e. The number of nitrogens with zero attached hydrogens (tertiary/aromatic N) is 2. The number of nitrogens with one attached hydrogen (secondary N) is 4. The third kappa shape index (κ3) is 4.93. The summed E-state index contributed by atoms with van der Waals surface area (Å²) in [6, 6.07) is 15.5. The monoisotopic (exact) mass is 444 g/mol. The highest BCUT2D eigenvalue weighted by Gasteiger charge is 2.15. The van der Waals surface area contributed by atoms with Gasteiger partial charge in [0.15, 0.2) is 5.65 Å². The summed E-state index contributed by atoms with van der Waals surface area (Å²) in [5.41, 5.74) is 5.11. The first-order valence-electron chi connectivity index (χ1n) is 10.4. The summed E-state index contributed by atoms with van der Waals surface area (Å²) in [6.45, 7) is 5.52. The normalized spacial score (nSPS) is 10.8. The molecule has 4 rings (SSSR count). The van der Waals surface area contributed by atoms with E-state index in [0.29, 0.717) is 28.4 Å². The maximum absolute atomic E-state index is 12.8. The highest BCUT2D eigenvalue weighted by atomic mass is 16.2. The van der Waals surface area contributed by atoms with Gasteiger partial charge in [-0.2, -0.15) is 0 Å². The minimum atomic E-state index is -0.381. The van der Waals surface area contributed by atoms with Gasteiger partial charge < -0.3 is 16.0 Å². The van der Waals surface area contributed by atoms with Crippen LogP contribution in [-0.4, -0.2) is 26.5 Å². The first kappa shape index (κ1) is 21.8. The Kier molecular flexibility index (Phi) is 5.95. The van der Waals surface area contributed by atoms with E-state index in [1.165, 1.54) is 6.07 Å². The Hall–Kier alpha value is -4.40. The van der Waals surface area contributed by atoms with Crippen LogP contribution in [0.2, 0.25) is 0 Å². The van der Waals surface area contributed by atoms with Crippen molar-refractivity contribution in [1.82, 2.24) is 14.6 Å². The van der Waals surface area contributed by atoms with Gasteiger partial charge >= 0.3 is 6.03 Å². The molecule has 0 atom stereocenters. The van der Waals surface area contributed by atoms with Crippen LogP contribution in [-0.2, 0) is 11.2 Å². The van der Waals surface area contributed by atoms with Gasteiger partial charge in [-0.15, -0.1) is 0 Å². The van der Waals surface area contributed by atoms with E-state index in [1.54, 1.807) is 28.8 Å². The number of amides is 3. The van der Waals surface area contributed by atoms with Crippen LogP contribution < -0.4 is 21.5 Å². The van der Waals surface area contributed by atoms with Gasteiger partial charge in [0, 0.05) is 40.1 Å². The number of H-pyrrole nitrogens is 1. The highest BCUT2D eigenvalue weighted by Crippen LogP contribution is 2.22. The zero-order valence-corrected chi connectivity index (χ0v) is 18.5. The Morgan fingerprint density at radius 1 is 0.939 bits per heavy atom. The quantitative estimate of drug-likeness (QED) is 0.374. The van der Waals surface area contributed by atoms with Crippen molar-refractivity contribution in [2.45, 2.75) is 27.2 Å². The maximum atomic E-state index is 12.8. The number of benzene rings is 2. The van der Waals surface area contributed by atoms with Gasteiger partial charge in [-0.05, 0) is 50.6 Å². The number of aryl methyl sites for hydroxylation is 3. The molecular weight excluding hydrogens is 420 g/mol. The number of aromatic amines is 1. The second kappa shape index (κ2) is 8.99. The average Bonchev–Trinajstić information content (AvgIpc) is 3.14. The number of anilines is 3. The van der Waals surface area contributed by atoms with Crippen LogP contribution in [0.4, 0.5) is 21.9 Å². The Labute approximate surface area is 189 Å². The number of para-hydroxylation sites is 1. The molecule has 0 saturated heterocycles. The van der Waals surface area contributed by atoms with E-state index in [4.69, 9.17) is 0 Å². The number of fused-ring (bicyclic) bond motifs is 1. The molecule has 0 saturated carbocycles. The molecule has 2 aromatic carbocycles. The molecule has 0 fully saturated rings. The lowest BCUT2D eigenvalue weighted by Crippen LogP contribution is -2.20. The van der Waals surface area contributed by atoms with Crippen molar-refractivity contribution in [3.05, 3.63) is 87.5 Å². The topological polar surface area (TPSA) is 120 Å². The predicted molar refractivity (Wildman–Crippen MR) is 128 cm³/mol. The fourth-order valence-electron chi connectivity index (χ4n) is 3.62. The SMILES string of the molecule is Cc1ccc(NC(=O)Nc2ccccc2)cc1NC(=O)Cc1c(C)nc2cc(=O)[nH]n2c1C. The van der Waals surface area contributed by atoms with Gasteiger partial charge in [0.05, 0.1) is 6.42 Å². The minimum absolute atomic E-state index is 0.0897. The minimum Gasteiger partial charge on any atom is -0.325 e. The van der Waals surface area contributed by atoms with Crippen molar-refractivity contribution >= 4 is 34.6 Å². The third-order valence-corrected chi connectivity index (χ3v) is 5.34. The van der Waals surface area contributed by atoms with E-state index in [9.17, 15) is 14.4 Å². The highest BCUT2D eigenvalue weighted by molar-refractivity contribution is 6.00. The number of rotatable bonds is 5. The van der Waals surface area contributed by atoms with E-state index >= 15 is 0 Å². The van der Waals surface area contributed by atoms with Crippen molar-refractivity contribution in [2.75, 3.05) is 16.0 Å². The van der Waals surface area contributed by atoms with Gasteiger partial charge in [0.2, 0.25) is 5.91 Å². The summed E-state index contributed by atoms with van der Waals surface area (Å²) < 4.78 is 1.58. The Balaban J connectivity index is 1.47. The molecule has 2 heterocycles. The Bertz CT molecular complexity index is 1410. The van der Waals surface area contributed by atoms with Gasteiger partial charge in [-0.25, -0.2) is 14.3 Å². The van der Waals surface area contributed by atoms with Gasteiger partial charge in [0.1, 0.15) is 0 Å². The van der Waals surface area contributed by atoms with E-state index in [0.717, 1.165) is 16.8 Å². The molecule has 0 radical (unpaired) electrons. The standard InChI is InChI=1S/C24H24N6O3/c1-14-9-10-18(27-24(33)26-17-7-5-4-6-8-17)11-20(14)28-22(31)12-19-15(2)25-21-13-23(32)29-30(21)16(19)3/h4-11,13H,12H2,1-3H3,(H,28,31)(H,29,32)(H2,26,27,33). The molecule has 9 nitrogen and oxygen atoms in total. The fraction of sp³-hybridized carbons (Fsp3) is 0.167. The van der Waals surface area contributed by atoms with Crippen molar-refractivity contribution in [3.8, 4) is 0 Å². The van der Waals surface area contributed by atoms with Crippen LogP contribution in [0.5, 0.6) is 0 Å². The van der Waals surface area contributed by atoms with Crippen molar-refractivity contribution in [3.63, 3.8) is 0 Å². The van der Waals surface area contributed by atoms with Gasteiger partial charge in [-0.3, -0.25) is 14.7 Å². The first-order chi connectivity index (χ1) is 15.8. The summed E-state index contributed by atoms with van der Waals surface area (Å²) in [6.07, 6.45) is 0.0897. The van der Waals surface area contributed by atoms with E-state index < -0.39 is 0 Å². The number of hydrogen-bond donors (Lipinski definition) is 4. The molecule has 0 bridgehead atoms. The summed E-state index contributed by atoms with van der Waals surface area (Å²) in [5.74, 6) is -0.231. The third-order valence-electron chi connectivity index (χ3n) is 5.34. The molecule has 9 heteroatoms. The Morgan fingerprint density at radius 3 is 2.42 bits per heavy atom. The first-order valence-corrected chi connectivity index (χ1v) is 10.4. The second-order valence-corrected chi connectivity index (χ2v) is 7.77. The van der Waals surface area contributed by atoms with Crippen LogP contribution in [0.15, 0.2) is 59.4 Å². The van der Waals surface area contributed by atoms with Crippen molar-refractivity contribution in [2.24, 2.45) is 0 Å². The summed E-state index contributed by atoms with van der Waals surface area (Å²) in [7, 11) is 0. The largest absolute Gasteiger partial charge is 0.325 e. The van der Waals surface area contributed by atoms with E-state index in [1.807, 2.05) is 45.0 Å². The van der Waals surface area contributed by atoms with Crippen molar-refractivity contribution in [1.29, 1.82) is 0 Å². The van der Waals surface area contributed by atoms with E-state index in [2.05, 4.69) is 26.0 Å². The lowest BCUT2D eigenvalue weighted by Gasteiger charge is -2.14. The molecule has 0 spiro atoms. The zero-order chi connectivity index (χ0) is 23.5. The van der Waals surface area contributed by atoms with Gasteiger partial charge in [0.25, 0.3) is 5.56 Å². The summed E-state index contributed by atoms with van der Waals surface area (Å²) >= 11 is 0. The Morgan fingerprint density at radius 2 is 1.67 bits per heavy atom. The molecule has 0 aliphatic heterocycles. The smallest absolute Gasteiger partial charge is 0.323 e. The second-order valence-electron chi connectivity index (χ2n) is 7.77. The molecular formula is C24H24N6O3. The number of carbonyl (C=O) groups is 2. The number of aromatic nitrogens is 3. The van der Waals surface area contributed by atoms with Crippen LogP contribution in [0, 0.1) is 20.8 Å². The molecule has 33 heavy (non-hydrogen) atoms. The van der Waals surface area contributed by atoms with Crippen LogP contribution in [0.25, 0.3) is 5.65 Å². The van der Waals surface area contributed by atoms with Crippen LogP contribution in [0.3, 0.4) is 0 Å². The van der Waals surface area contributed by atoms with Crippen LogP contribution in [0.1, 0.15) is 22.5 Å². The molecule has 4 aromatic rings. The molecule has 4 N–H and O–H groups in total. The fourth-order valence-corrected chi connectivity index (χ4v) is 3.62. The van der Waals surface area contributed by atoms with Gasteiger partial charge in [-0.1, -0.05) is 24.3 Å². The number of carbonyl (C=O) groups excluding carboxylic acids is 2. The molecule has 0 aliphatic rings. The molecule has 3 amide bonds.